The predicted molar refractivity (Wildman–Crippen MR) is 188 cm³/mol. The van der Waals surface area contributed by atoms with Gasteiger partial charge in [0.2, 0.25) is 23.6 Å². The third-order valence-corrected chi connectivity index (χ3v) is 8.39. The van der Waals surface area contributed by atoms with Crippen molar-refractivity contribution in [2.24, 2.45) is 0 Å². The second kappa shape index (κ2) is 29.9. The molecular formula is C35H58N4O14. The summed E-state index contributed by atoms with van der Waals surface area (Å²) in [6, 6.07) is -5.76. The maximum absolute atomic E-state index is 12.5. The van der Waals surface area contributed by atoms with E-state index in [0.29, 0.717) is 25.7 Å². The summed E-state index contributed by atoms with van der Waals surface area (Å²) in [6.45, 7) is -0.150. The molecular weight excluding hydrogens is 700 g/mol. The Morgan fingerprint density at radius 3 is 1.02 bits per heavy atom. The van der Waals surface area contributed by atoms with Crippen LogP contribution in [0.15, 0.2) is 0 Å². The van der Waals surface area contributed by atoms with Crippen LogP contribution in [0.2, 0.25) is 0 Å². The van der Waals surface area contributed by atoms with Gasteiger partial charge in [0.1, 0.15) is 30.5 Å². The summed E-state index contributed by atoms with van der Waals surface area (Å²) in [5.74, 6) is -8.65. The molecule has 0 saturated heterocycles. The number of carboxylic acid groups (broad SMARTS) is 4. The van der Waals surface area contributed by atoms with Crippen molar-refractivity contribution in [3.63, 3.8) is 0 Å². The number of carbonyl (C=O) groups excluding carboxylic acids is 5. The van der Waals surface area contributed by atoms with Crippen LogP contribution in [0.4, 0.5) is 0 Å². The normalized spacial score (nSPS) is 13.1. The number of carbonyl (C=O) groups is 9. The van der Waals surface area contributed by atoms with Crippen LogP contribution in [-0.4, -0.2) is 110 Å². The number of unbranched alkanes of at least 4 members (excludes halogenated alkanes) is 11. The van der Waals surface area contributed by atoms with Gasteiger partial charge < -0.3 is 51.6 Å². The summed E-state index contributed by atoms with van der Waals surface area (Å²) in [5.41, 5.74) is 0. The van der Waals surface area contributed by atoms with E-state index in [1.54, 1.807) is 0 Å². The Morgan fingerprint density at radius 2 is 0.698 bits per heavy atom. The first-order valence-electron chi connectivity index (χ1n) is 18.3. The quantitative estimate of drug-likeness (QED) is 0.0333. The van der Waals surface area contributed by atoms with E-state index in [1.165, 1.54) is 0 Å². The fraction of sp³-hybridized carbons (Fsp3) is 0.743. The Morgan fingerprint density at radius 1 is 0.396 bits per heavy atom. The number of aldehydes is 1. The summed E-state index contributed by atoms with van der Waals surface area (Å²) < 4.78 is 0. The smallest absolute Gasteiger partial charge is 0.326 e. The van der Waals surface area contributed by atoms with Crippen LogP contribution < -0.4 is 21.3 Å². The first-order valence-corrected chi connectivity index (χ1v) is 18.3. The Labute approximate surface area is 309 Å². The molecule has 9 N–H and O–H groups in total. The van der Waals surface area contributed by atoms with Gasteiger partial charge in [0.25, 0.3) is 0 Å². The van der Waals surface area contributed by atoms with E-state index in [4.69, 9.17) is 5.11 Å². The van der Waals surface area contributed by atoms with Gasteiger partial charge in [-0.15, -0.1) is 0 Å². The first-order chi connectivity index (χ1) is 25.2. The number of aliphatic hydroxyl groups is 1. The minimum Gasteiger partial charge on any atom is -0.480 e. The predicted octanol–water partition coefficient (Wildman–Crippen LogP) is 1.65. The van der Waals surface area contributed by atoms with Gasteiger partial charge in [0, 0.05) is 38.7 Å². The second-order valence-corrected chi connectivity index (χ2v) is 12.9. The lowest BCUT2D eigenvalue weighted by molar-refractivity contribution is -0.144. The molecule has 0 spiro atoms. The highest BCUT2D eigenvalue weighted by atomic mass is 16.4. The van der Waals surface area contributed by atoms with Gasteiger partial charge >= 0.3 is 23.9 Å². The van der Waals surface area contributed by atoms with E-state index >= 15 is 0 Å². The molecule has 0 aliphatic carbocycles. The topological polar surface area (TPSA) is 303 Å². The third kappa shape index (κ3) is 25.9. The molecule has 18 nitrogen and oxygen atoms in total. The number of hydrogen-bond acceptors (Lipinski definition) is 10. The van der Waals surface area contributed by atoms with Crippen molar-refractivity contribution in [3.8, 4) is 0 Å². The molecule has 0 bridgehead atoms. The fourth-order valence-electron chi connectivity index (χ4n) is 5.31. The highest BCUT2D eigenvalue weighted by Crippen LogP contribution is 2.12. The fourth-order valence-corrected chi connectivity index (χ4v) is 5.31. The Bertz CT molecular complexity index is 1180. The molecule has 53 heavy (non-hydrogen) atoms. The molecule has 4 atom stereocenters. The number of rotatable bonds is 34. The summed E-state index contributed by atoms with van der Waals surface area (Å²) in [5, 5.41) is 55.6. The van der Waals surface area contributed by atoms with E-state index in [1.807, 2.05) is 0 Å². The average Bonchev–Trinajstić information content (AvgIpc) is 3.09. The molecule has 0 fully saturated rings. The molecule has 0 heterocycles. The number of hydrogen-bond donors (Lipinski definition) is 9. The van der Waals surface area contributed by atoms with Crippen molar-refractivity contribution >= 4 is 53.8 Å². The lowest BCUT2D eigenvalue weighted by Gasteiger charge is -2.18. The SMILES string of the molecule is O=CCCCCCCCCCCCCC(=O)N[C@@H](CCC(=O)NC(CCC(=O)N[C@@H](CCC(=O)NC(CCCCO)C(=O)O)C(=O)O)C(=O)O)C(=O)O. The molecule has 0 aliphatic rings. The summed E-state index contributed by atoms with van der Waals surface area (Å²) in [7, 11) is 0. The molecule has 0 radical (unpaired) electrons. The first kappa shape index (κ1) is 48.4. The van der Waals surface area contributed by atoms with Gasteiger partial charge in [-0.25, -0.2) is 19.2 Å². The van der Waals surface area contributed by atoms with E-state index < -0.39 is 104 Å². The zero-order valence-electron chi connectivity index (χ0n) is 30.4. The lowest BCUT2D eigenvalue weighted by atomic mass is 10.0. The molecule has 4 amide bonds. The van der Waals surface area contributed by atoms with Crippen LogP contribution in [0.25, 0.3) is 0 Å². The zero-order valence-corrected chi connectivity index (χ0v) is 30.4. The van der Waals surface area contributed by atoms with E-state index in [-0.39, 0.29) is 25.9 Å². The van der Waals surface area contributed by atoms with Crippen LogP contribution in [0.3, 0.4) is 0 Å². The molecule has 2 unspecified atom stereocenters. The standard InChI is InChI=1S/C35H58N4O14/c40-22-12-9-7-5-3-1-2-4-6-8-10-15-28(42)37-25(33(48)49)16-20-30(44)39-27(35(52)53)18-21-31(45)38-26(34(50)51)17-19-29(43)36-24(32(46)47)14-11-13-23-41/h22,24-27,41H,1-21,23H2,(H,36,43)(H,37,42)(H,38,45)(H,39,44)(H,46,47)(H,48,49)(H,50,51)(H,52,53)/t24?,25-,26-,27?/m0/s1. The van der Waals surface area contributed by atoms with Crippen molar-refractivity contribution in [1.29, 1.82) is 0 Å². The summed E-state index contributed by atoms with van der Waals surface area (Å²) >= 11 is 0. The van der Waals surface area contributed by atoms with Gasteiger partial charge in [0.05, 0.1) is 0 Å². The van der Waals surface area contributed by atoms with Crippen molar-refractivity contribution < 1.29 is 68.7 Å². The van der Waals surface area contributed by atoms with Crippen LogP contribution in [0.1, 0.15) is 135 Å². The summed E-state index contributed by atoms with van der Waals surface area (Å²) in [6.07, 6.45) is 9.53. The van der Waals surface area contributed by atoms with E-state index in [2.05, 4.69) is 21.3 Å². The third-order valence-electron chi connectivity index (χ3n) is 8.39. The van der Waals surface area contributed by atoms with Crippen molar-refractivity contribution in [1.82, 2.24) is 21.3 Å². The van der Waals surface area contributed by atoms with E-state index in [0.717, 1.165) is 64.1 Å². The number of aliphatic hydroxyl groups excluding tert-OH is 1. The largest absolute Gasteiger partial charge is 0.480 e. The average molecular weight is 759 g/mol. The monoisotopic (exact) mass is 758 g/mol. The van der Waals surface area contributed by atoms with Gasteiger partial charge in [-0.2, -0.15) is 0 Å². The van der Waals surface area contributed by atoms with E-state index in [9.17, 15) is 63.6 Å². The number of nitrogens with one attached hydrogen (secondary N) is 4. The zero-order chi connectivity index (χ0) is 40.0. The highest BCUT2D eigenvalue weighted by Gasteiger charge is 2.27. The highest BCUT2D eigenvalue weighted by molar-refractivity contribution is 5.88. The number of carboxylic acids is 4. The van der Waals surface area contributed by atoms with Gasteiger partial charge in [0.15, 0.2) is 0 Å². The van der Waals surface area contributed by atoms with Crippen LogP contribution in [0.5, 0.6) is 0 Å². The molecule has 302 valence electrons. The molecule has 0 aromatic carbocycles. The Hall–Kier alpha value is -4.61. The van der Waals surface area contributed by atoms with Gasteiger partial charge in [-0.05, 0) is 51.4 Å². The Balaban J connectivity index is 4.62. The maximum atomic E-state index is 12.5. The van der Waals surface area contributed by atoms with Crippen LogP contribution in [0, 0.1) is 0 Å². The lowest BCUT2D eigenvalue weighted by Crippen LogP contribution is -2.45. The Kier molecular flexibility index (Phi) is 27.3. The van der Waals surface area contributed by atoms with Crippen LogP contribution >= 0.6 is 0 Å². The maximum Gasteiger partial charge on any atom is 0.326 e. The molecule has 0 rings (SSSR count). The second-order valence-electron chi connectivity index (χ2n) is 12.9. The number of aliphatic carboxylic acids is 4. The van der Waals surface area contributed by atoms with Crippen LogP contribution in [-0.2, 0) is 43.2 Å². The van der Waals surface area contributed by atoms with Crippen molar-refractivity contribution in [2.75, 3.05) is 6.61 Å². The minimum absolute atomic E-state index is 0.0487. The van der Waals surface area contributed by atoms with Gasteiger partial charge in [-0.1, -0.05) is 51.4 Å². The molecule has 0 saturated carbocycles. The van der Waals surface area contributed by atoms with Crippen molar-refractivity contribution in [2.45, 2.75) is 159 Å². The minimum atomic E-state index is -1.58. The molecule has 0 aromatic heterocycles. The summed E-state index contributed by atoms with van der Waals surface area (Å²) in [4.78, 5) is 106. The molecule has 0 aliphatic heterocycles. The number of amides is 4. The molecule has 0 aromatic rings. The molecule has 18 heteroatoms. The van der Waals surface area contributed by atoms with Gasteiger partial charge in [-0.3, -0.25) is 19.2 Å². The van der Waals surface area contributed by atoms with Crippen molar-refractivity contribution in [3.05, 3.63) is 0 Å².